The average Bonchev–Trinajstić information content (AvgIpc) is 3.64. The molecule has 0 spiro atoms. The Bertz CT molecular complexity index is 1780. The zero-order valence-electron chi connectivity index (χ0n) is 21.9. The molecule has 3 aromatic carbocycles. The fraction of sp³-hybridized carbons (Fsp3) is 0.161. The third kappa shape index (κ3) is 5.32. The van der Waals surface area contributed by atoms with E-state index in [1.165, 1.54) is 12.1 Å². The minimum Gasteiger partial charge on any atom is -0.468 e. The SMILES string of the molecule is Cc1cccc2cc([C@H](c3nnnn3Cc3ccc(F)cc3)N(Cc3ccccc3)Cc3ccco3)c(=O)[nH]c12. The number of H-pyrrole nitrogens is 1. The lowest BCUT2D eigenvalue weighted by Gasteiger charge is -2.30. The highest BCUT2D eigenvalue weighted by molar-refractivity contribution is 5.82. The van der Waals surface area contributed by atoms with Gasteiger partial charge in [-0.05, 0) is 69.8 Å². The Hall–Kier alpha value is -4.89. The summed E-state index contributed by atoms with van der Waals surface area (Å²) in [5.74, 6) is 0.917. The molecule has 200 valence electrons. The Morgan fingerprint density at radius 2 is 1.77 bits per heavy atom. The summed E-state index contributed by atoms with van der Waals surface area (Å²) in [5, 5.41) is 13.6. The summed E-state index contributed by atoms with van der Waals surface area (Å²) in [6.45, 7) is 3.18. The first kappa shape index (κ1) is 25.4. The second-order valence-corrected chi connectivity index (χ2v) is 9.79. The highest BCUT2D eigenvalue weighted by Crippen LogP contribution is 2.31. The van der Waals surface area contributed by atoms with E-state index < -0.39 is 6.04 Å². The van der Waals surface area contributed by atoms with Gasteiger partial charge in [0.15, 0.2) is 5.82 Å². The van der Waals surface area contributed by atoms with Crippen molar-refractivity contribution in [3.8, 4) is 0 Å². The smallest absolute Gasteiger partial charge is 0.253 e. The molecule has 0 fully saturated rings. The Labute approximate surface area is 229 Å². The number of benzene rings is 3. The van der Waals surface area contributed by atoms with Crippen LogP contribution in [-0.2, 0) is 19.6 Å². The van der Waals surface area contributed by atoms with Gasteiger partial charge >= 0.3 is 0 Å². The summed E-state index contributed by atoms with van der Waals surface area (Å²) in [7, 11) is 0. The Balaban J connectivity index is 1.52. The number of hydrogen-bond acceptors (Lipinski definition) is 6. The number of halogens is 1. The van der Waals surface area contributed by atoms with Gasteiger partial charge in [-0.15, -0.1) is 5.10 Å². The maximum atomic E-state index is 13.8. The van der Waals surface area contributed by atoms with Crippen molar-refractivity contribution in [2.45, 2.75) is 32.6 Å². The molecule has 0 aliphatic heterocycles. The van der Waals surface area contributed by atoms with Crippen LogP contribution < -0.4 is 5.56 Å². The fourth-order valence-electron chi connectivity index (χ4n) is 5.04. The van der Waals surface area contributed by atoms with Crippen molar-refractivity contribution < 1.29 is 8.81 Å². The summed E-state index contributed by atoms with van der Waals surface area (Å²) in [6, 6.07) is 27.2. The Morgan fingerprint density at radius 1 is 0.950 bits per heavy atom. The van der Waals surface area contributed by atoms with Crippen molar-refractivity contribution >= 4 is 10.9 Å². The van der Waals surface area contributed by atoms with Crippen LogP contribution in [0.15, 0.2) is 106 Å². The van der Waals surface area contributed by atoms with E-state index >= 15 is 0 Å². The Kier molecular flexibility index (Phi) is 7.03. The number of para-hydroxylation sites is 1. The molecule has 0 aliphatic rings. The third-order valence-corrected chi connectivity index (χ3v) is 6.99. The number of aromatic amines is 1. The highest BCUT2D eigenvalue weighted by Gasteiger charge is 2.31. The molecule has 3 heterocycles. The predicted molar refractivity (Wildman–Crippen MR) is 149 cm³/mol. The van der Waals surface area contributed by atoms with Crippen molar-refractivity contribution in [2.75, 3.05) is 0 Å². The average molecular weight is 535 g/mol. The summed E-state index contributed by atoms with van der Waals surface area (Å²) in [5.41, 5.74) is 3.95. The minimum absolute atomic E-state index is 0.222. The fourth-order valence-corrected chi connectivity index (χ4v) is 5.04. The molecular formula is C31H27FN6O2. The van der Waals surface area contributed by atoms with Gasteiger partial charge in [0.2, 0.25) is 0 Å². The molecule has 0 radical (unpaired) electrons. The molecule has 8 nitrogen and oxygen atoms in total. The maximum absolute atomic E-state index is 13.8. The number of rotatable bonds is 9. The van der Waals surface area contributed by atoms with Crippen LogP contribution in [0, 0.1) is 12.7 Å². The van der Waals surface area contributed by atoms with Gasteiger partial charge in [0.1, 0.15) is 17.6 Å². The van der Waals surface area contributed by atoms with Crippen LogP contribution in [0.5, 0.6) is 0 Å². The molecule has 3 aromatic heterocycles. The van der Waals surface area contributed by atoms with E-state index in [-0.39, 0.29) is 11.4 Å². The van der Waals surface area contributed by atoms with Gasteiger partial charge < -0.3 is 9.40 Å². The lowest BCUT2D eigenvalue weighted by molar-refractivity contribution is 0.179. The van der Waals surface area contributed by atoms with Crippen LogP contribution in [0.1, 0.15) is 39.9 Å². The topological polar surface area (TPSA) is 92.8 Å². The van der Waals surface area contributed by atoms with E-state index in [0.717, 1.165) is 33.4 Å². The van der Waals surface area contributed by atoms with Gasteiger partial charge in [0.05, 0.1) is 24.9 Å². The number of tetrazole rings is 1. The second-order valence-electron chi connectivity index (χ2n) is 9.79. The molecule has 0 aliphatic carbocycles. The van der Waals surface area contributed by atoms with E-state index in [9.17, 15) is 9.18 Å². The number of nitrogens with zero attached hydrogens (tertiary/aromatic N) is 5. The number of aromatic nitrogens is 5. The standard InChI is InChI=1S/C31H27FN6O2/c1-21-7-5-10-24-17-27(31(39)33-28(21)24)29(30-34-35-36-38(30)19-23-12-14-25(32)15-13-23)37(20-26-11-6-16-40-26)18-22-8-3-2-4-9-22/h2-17,29H,18-20H2,1H3,(H,33,39)/t29-/m1/s1. The van der Waals surface area contributed by atoms with Gasteiger partial charge in [-0.1, -0.05) is 60.7 Å². The van der Waals surface area contributed by atoms with E-state index in [0.29, 0.717) is 31.0 Å². The van der Waals surface area contributed by atoms with Crippen LogP contribution in [0.3, 0.4) is 0 Å². The molecule has 0 bridgehead atoms. The lowest BCUT2D eigenvalue weighted by Crippen LogP contribution is -2.35. The van der Waals surface area contributed by atoms with Crippen LogP contribution in [0.4, 0.5) is 4.39 Å². The summed E-state index contributed by atoms with van der Waals surface area (Å²) in [6.07, 6.45) is 1.63. The van der Waals surface area contributed by atoms with Gasteiger partial charge in [0.25, 0.3) is 5.56 Å². The maximum Gasteiger partial charge on any atom is 0.253 e. The quantitative estimate of drug-likeness (QED) is 0.267. The Morgan fingerprint density at radius 3 is 2.55 bits per heavy atom. The van der Waals surface area contributed by atoms with Gasteiger partial charge in [-0.25, -0.2) is 9.07 Å². The summed E-state index contributed by atoms with van der Waals surface area (Å²) < 4.78 is 21.0. The van der Waals surface area contributed by atoms with Crippen molar-refractivity contribution in [1.82, 2.24) is 30.1 Å². The zero-order valence-corrected chi connectivity index (χ0v) is 21.9. The largest absolute Gasteiger partial charge is 0.468 e. The third-order valence-electron chi connectivity index (χ3n) is 6.99. The number of pyridine rings is 1. The molecule has 1 N–H and O–H groups in total. The molecule has 1 atom stereocenters. The molecule has 6 rings (SSSR count). The second kappa shape index (κ2) is 11.1. The first-order valence-electron chi connectivity index (χ1n) is 13.0. The van der Waals surface area contributed by atoms with Gasteiger partial charge in [-0.3, -0.25) is 9.69 Å². The first-order chi connectivity index (χ1) is 19.5. The molecule has 0 saturated carbocycles. The van der Waals surface area contributed by atoms with Gasteiger partial charge in [-0.2, -0.15) is 0 Å². The first-order valence-corrected chi connectivity index (χ1v) is 13.0. The van der Waals surface area contributed by atoms with Crippen molar-refractivity contribution in [3.05, 3.63) is 147 Å². The van der Waals surface area contributed by atoms with Crippen molar-refractivity contribution in [1.29, 1.82) is 0 Å². The van der Waals surface area contributed by atoms with Crippen LogP contribution in [0.25, 0.3) is 10.9 Å². The molecule has 6 aromatic rings. The van der Waals surface area contributed by atoms with E-state index in [2.05, 4.69) is 25.4 Å². The van der Waals surface area contributed by atoms with E-state index in [1.54, 1.807) is 23.1 Å². The highest BCUT2D eigenvalue weighted by atomic mass is 19.1. The van der Waals surface area contributed by atoms with E-state index in [1.807, 2.05) is 73.7 Å². The molecule has 0 saturated heterocycles. The molecular weight excluding hydrogens is 507 g/mol. The number of hydrogen-bond donors (Lipinski definition) is 1. The van der Waals surface area contributed by atoms with E-state index in [4.69, 9.17) is 4.42 Å². The monoisotopic (exact) mass is 534 g/mol. The number of nitrogens with one attached hydrogen (secondary N) is 1. The lowest BCUT2D eigenvalue weighted by atomic mass is 10.0. The number of fused-ring (bicyclic) bond motifs is 1. The molecule has 0 unspecified atom stereocenters. The van der Waals surface area contributed by atoms with Crippen LogP contribution in [-0.4, -0.2) is 30.1 Å². The van der Waals surface area contributed by atoms with Crippen molar-refractivity contribution in [3.63, 3.8) is 0 Å². The molecule has 0 amide bonds. The zero-order chi connectivity index (χ0) is 27.5. The van der Waals surface area contributed by atoms with Crippen LogP contribution in [0.2, 0.25) is 0 Å². The summed E-state index contributed by atoms with van der Waals surface area (Å²) >= 11 is 0. The number of furan rings is 1. The predicted octanol–water partition coefficient (Wildman–Crippen LogP) is 5.40. The summed E-state index contributed by atoms with van der Waals surface area (Å²) in [4.78, 5) is 19.0. The van der Waals surface area contributed by atoms with Crippen molar-refractivity contribution in [2.24, 2.45) is 0 Å². The van der Waals surface area contributed by atoms with Gasteiger partial charge in [0, 0.05) is 12.1 Å². The number of aryl methyl sites for hydroxylation is 1. The molecule has 9 heteroatoms. The minimum atomic E-state index is -0.630. The molecule has 40 heavy (non-hydrogen) atoms. The normalized spacial score (nSPS) is 12.3. The van der Waals surface area contributed by atoms with Crippen LogP contribution >= 0.6 is 0 Å².